The van der Waals surface area contributed by atoms with E-state index < -0.39 is 0 Å². The Morgan fingerprint density at radius 3 is 2.30 bits per heavy atom. The summed E-state index contributed by atoms with van der Waals surface area (Å²) in [4.78, 5) is 25.1. The van der Waals surface area contributed by atoms with Crippen LogP contribution in [0, 0.1) is 0 Å². The molecule has 3 aliphatic heterocycles. The molecule has 3 fully saturated rings. The van der Waals surface area contributed by atoms with Gasteiger partial charge in [-0.25, -0.2) is 10.3 Å². The van der Waals surface area contributed by atoms with Crippen molar-refractivity contribution in [2.75, 3.05) is 33.2 Å². The molecule has 2 bridgehead atoms. The highest BCUT2D eigenvalue weighted by Crippen LogP contribution is 2.36. The summed E-state index contributed by atoms with van der Waals surface area (Å²) in [7, 11) is 2.29. The Hall–Kier alpha value is -1.63. The van der Waals surface area contributed by atoms with E-state index in [0.717, 1.165) is 43.8 Å². The SMILES string of the molecule is CC(ONC(=O)N1CCN(C2CC3CCC(C2)N3C)CC1)c1ccccc1. The van der Waals surface area contributed by atoms with Gasteiger partial charge in [-0.05, 0) is 45.2 Å². The van der Waals surface area contributed by atoms with Crippen LogP contribution in [0.5, 0.6) is 0 Å². The second-order valence-electron chi connectivity index (χ2n) is 8.28. The van der Waals surface area contributed by atoms with Gasteiger partial charge < -0.3 is 9.80 Å². The minimum atomic E-state index is -0.161. The Morgan fingerprint density at radius 1 is 1.04 bits per heavy atom. The molecule has 3 saturated heterocycles. The first-order valence-electron chi connectivity index (χ1n) is 10.3. The molecule has 0 aromatic heterocycles. The summed E-state index contributed by atoms with van der Waals surface area (Å²) in [5, 5.41) is 0. The van der Waals surface area contributed by atoms with Gasteiger partial charge in [0.25, 0.3) is 0 Å². The van der Waals surface area contributed by atoms with Gasteiger partial charge in [0.15, 0.2) is 0 Å². The molecule has 2 amide bonds. The molecule has 3 unspecified atom stereocenters. The number of amides is 2. The molecule has 0 aliphatic carbocycles. The van der Waals surface area contributed by atoms with Crippen LogP contribution >= 0.6 is 0 Å². The van der Waals surface area contributed by atoms with E-state index in [1.54, 1.807) is 0 Å². The Morgan fingerprint density at radius 2 is 1.67 bits per heavy atom. The van der Waals surface area contributed by atoms with Crippen molar-refractivity contribution in [3.63, 3.8) is 0 Å². The number of hydrogen-bond acceptors (Lipinski definition) is 4. The van der Waals surface area contributed by atoms with Gasteiger partial charge >= 0.3 is 6.03 Å². The van der Waals surface area contributed by atoms with Crippen LogP contribution in [0.3, 0.4) is 0 Å². The standard InChI is InChI=1S/C21H32N4O2/c1-16(17-6-4-3-5-7-17)27-22-21(26)25-12-10-24(11-13-25)20-14-18-8-9-19(15-20)23(18)2/h3-7,16,18-20H,8-15H2,1-2H3,(H,22,26). The van der Waals surface area contributed by atoms with Gasteiger partial charge in [0.1, 0.15) is 6.10 Å². The number of piperazine rings is 1. The molecule has 1 aromatic carbocycles. The Kier molecular flexibility index (Phi) is 5.66. The molecule has 4 rings (SSSR count). The van der Waals surface area contributed by atoms with Crippen molar-refractivity contribution in [3.8, 4) is 0 Å². The second kappa shape index (κ2) is 8.17. The molecule has 3 atom stereocenters. The molecule has 148 valence electrons. The lowest BCUT2D eigenvalue weighted by molar-refractivity contribution is -0.0108. The second-order valence-corrected chi connectivity index (χ2v) is 8.28. The zero-order chi connectivity index (χ0) is 18.8. The summed E-state index contributed by atoms with van der Waals surface area (Å²) in [6.07, 6.45) is 5.13. The van der Waals surface area contributed by atoms with Gasteiger partial charge in [-0.15, -0.1) is 0 Å². The van der Waals surface area contributed by atoms with E-state index in [1.807, 2.05) is 42.2 Å². The minimum absolute atomic E-state index is 0.124. The summed E-state index contributed by atoms with van der Waals surface area (Å²) in [5.74, 6) is 0. The number of hydroxylamine groups is 1. The third-order valence-corrected chi connectivity index (χ3v) is 6.78. The highest BCUT2D eigenvalue weighted by molar-refractivity contribution is 5.73. The highest BCUT2D eigenvalue weighted by atomic mass is 16.7. The zero-order valence-corrected chi connectivity index (χ0v) is 16.5. The van der Waals surface area contributed by atoms with Crippen LogP contribution in [-0.2, 0) is 4.84 Å². The number of carbonyl (C=O) groups is 1. The fourth-order valence-corrected chi connectivity index (χ4v) is 4.97. The first-order valence-corrected chi connectivity index (χ1v) is 10.3. The number of nitrogens with one attached hydrogen (secondary N) is 1. The van der Waals surface area contributed by atoms with Gasteiger partial charge in [-0.3, -0.25) is 9.74 Å². The number of carbonyl (C=O) groups excluding carboxylic acids is 1. The molecule has 0 saturated carbocycles. The van der Waals surface area contributed by atoms with E-state index in [1.165, 1.54) is 25.7 Å². The number of piperidine rings is 1. The third kappa shape index (κ3) is 4.13. The molecule has 27 heavy (non-hydrogen) atoms. The van der Waals surface area contributed by atoms with Crippen molar-refractivity contribution < 1.29 is 9.63 Å². The number of urea groups is 1. The highest BCUT2D eigenvalue weighted by Gasteiger charge is 2.41. The van der Waals surface area contributed by atoms with Crippen LogP contribution < -0.4 is 5.48 Å². The maximum Gasteiger partial charge on any atom is 0.341 e. The number of benzene rings is 1. The molecule has 0 radical (unpaired) electrons. The summed E-state index contributed by atoms with van der Waals surface area (Å²) < 4.78 is 0. The van der Waals surface area contributed by atoms with Crippen LogP contribution in [0.2, 0.25) is 0 Å². The topological polar surface area (TPSA) is 48.1 Å². The van der Waals surface area contributed by atoms with Crippen LogP contribution in [0.15, 0.2) is 30.3 Å². The maximum absolute atomic E-state index is 12.4. The van der Waals surface area contributed by atoms with Crippen molar-refractivity contribution >= 4 is 6.03 Å². The molecule has 0 spiro atoms. The van der Waals surface area contributed by atoms with Crippen molar-refractivity contribution in [1.29, 1.82) is 0 Å². The van der Waals surface area contributed by atoms with E-state index in [4.69, 9.17) is 4.84 Å². The van der Waals surface area contributed by atoms with Crippen LogP contribution in [0.25, 0.3) is 0 Å². The van der Waals surface area contributed by atoms with E-state index >= 15 is 0 Å². The van der Waals surface area contributed by atoms with Crippen molar-refractivity contribution in [2.45, 2.75) is 56.8 Å². The lowest BCUT2D eigenvalue weighted by atomic mass is 9.96. The van der Waals surface area contributed by atoms with E-state index in [-0.39, 0.29) is 12.1 Å². The van der Waals surface area contributed by atoms with Crippen molar-refractivity contribution in [3.05, 3.63) is 35.9 Å². The zero-order valence-electron chi connectivity index (χ0n) is 16.5. The van der Waals surface area contributed by atoms with Gasteiger partial charge in [0.05, 0.1) is 0 Å². The monoisotopic (exact) mass is 372 g/mol. The van der Waals surface area contributed by atoms with Gasteiger partial charge in [-0.2, -0.15) is 0 Å². The van der Waals surface area contributed by atoms with Crippen molar-refractivity contribution in [2.24, 2.45) is 0 Å². The van der Waals surface area contributed by atoms with Crippen LogP contribution in [0.4, 0.5) is 4.79 Å². The summed E-state index contributed by atoms with van der Waals surface area (Å²) in [6, 6.07) is 12.0. The molecule has 3 aliphatic rings. The Bertz CT molecular complexity index is 618. The molecule has 6 heteroatoms. The Balaban J connectivity index is 1.22. The molecular weight excluding hydrogens is 340 g/mol. The number of rotatable bonds is 4. The largest absolute Gasteiger partial charge is 0.341 e. The van der Waals surface area contributed by atoms with Crippen molar-refractivity contribution in [1.82, 2.24) is 20.2 Å². The first-order chi connectivity index (χ1) is 13.1. The summed E-state index contributed by atoms with van der Waals surface area (Å²) in [5.41, 5.74) is 3.69. The van der Waals surface area contributed by atoms with E-state index in [2.05, 4.69) is 22.3 Å². The van der Waals surface area contributed by atoms with Crippen LogP contribution in [-0.4, -0.2) is 72.1 Å². The fourth-order valence-electron chi connectivity index (χ4n) is 4.97. The quantitative estimate of drug-likeness (QED) is 0.826. The lowest BCUT2D eigenvalue weighted by Crippen LogP contribution is -2.57. The van der Waals surface area contributed by atoms with Gasteiger partial charge in [0.2, 0.25) is 0 Å². The number of fused-ring (bicyclic) bond motifs is 2. The fraction of sp³-hybridized carbons (Fsp3) is 0.667. The molecule has 1 N–H and O–H groups in total. The molecule has 1 aromatic rings. The third-order valence-electron chi connectivity index (χ3n) is 6.78. The average molecular weight is 373 g/mol. The normalized spacial score (nSPS) is 30.3. The van der Waals surface area contributed by atoms with E-state index in [9.17, 15) is 4.79 Å². The smallest absolute Gasteiger partial charge is 0.320 e. The summed E-state index contributed by atoms with van der Waals surface area (Å²) >= 11 is 0. The Labute approximate surface area is 162 Å². The van der Waals surface area contributed by atoms with Gasteiger partial charge in [0, 0.05) is 44.3 Å². The number of hydrogen-bond donors (Lipinski definition) is 1. The maximum atomic E-state index is 12.4. The lowest BCUT2D eigenvalue weighted by Gasteiger charge is -2.44. The van der Waals surface area contributed by atoms with Gasteiger partial charge in [-0.1, -0.05) is 30.3 Å². The number of nitrogens with zero attached hydrogens (tertiary/aromatic N) is 3. The first kappa shape index (κ1) is 18.7. The molecule has 6 nitrogen and oxygen atoms in total. The van der Waals surface area contributed by atoms with E-state index in [0.29, 0.717) is 6.04 Å². The average Bonchev–Trinajstić information content (AvgIpc) is 2.93. The summed E-state index contributed by atoms with van der Waals surface area (Å²) in [6.45, 7) is 5.43. The molecular formula is C21H32N4O2. The predicted octanol–water partition coefficient (Wildman–Crippen LogP) is 2.63. The minimum Gasteiger partial charge on any atom is -0.320 e. The van der Waals surface area contributed by atoms with Crippen LogP contribution in [0.1, 0.15) is 44.3 Å². The predicted molar refractivity (Wildman–Crippen MR) is 105 cm³/mol. The molecule has 3 heterocycles.